The molecule has 0 aliphatic rings. The highest BCUT2D eigenvalue weighted by atomic mass is 16.2. The molecule has 3 rings (SSSR count). The highest BCUT2D eigenvalue weighted by Gasteiger charge is 2.17. The Morgan fingerprint density at radius 3 is 2.28 bits per heavy atom. The van der Waals surface area contributed by atoms with Gasteiger partial charge >= 0.3 is 5.69 Å². The first-order valence-electron chi connectivity index (χ1n) is 7.98. The molecule has 0 saturated heterocycles. The lowest BCUT2D eigenvalue weighted by Crippen LogP contribution is -2.36. The smallest absolute Gasteiger partial charge is 0.347 e. The quantitative estimate of drug-likeness (QED) is 0.730. The predicted octanol–water partition coefficient (Wildman–Crippen LogP) is 1.08. The molecule has 0 fully saturated rings. The van der Waals surface area contributed by atoms with E-state index in [0.717, 1.165) is 20.5 Å². The van der Waals surface area contributed by atoms with Crippen LogP contribution in [-0.4, -0.2) is 25.7 Å². The number of nitrogens with zero attached hydrogens (tertiary/aromatic N) is 4. The molecule has 1 N–H and O–H groups in total. The van der Waals surface area contributed by atoms with Gasteiger partial charge in [-0.1, -0.05) is 60.7 Å². The van der Waals surface area contributed by atoms with E-state index in [1.54, 1.807) is 0 Å². The Morgan fingerprint density at radius 1 is 1.04 bits per heavy atom. The van der Waals surface area contributed by atoms with E-state index in [9.17, 15) is 9.59 Å². The van der Waals surface area contributed by atoms with Gasteiger partial charge in [0.05, 0.1) is 6.04 Å². The van der Waals surface area contributed by atoms with E-state index < -0.39 is 5.69 Å². The zero-order valence-electron chi connectivity index (χ0n) is 13.9. The number of rotatable bonds is 6. The van der Waals surface area contributed by atoms with Gasteiger partial charge in [-0.2, -0.15) is 9.36 Å². The van der Waals surface area contributed by atoms with Crippen molar-refractivity contribution in [3.05, 3.63) is 82.3 Å². The largest absolute Gasteiger partial charge is 0.363 e. The fourth-order valence-electron chi connectivity index (χ4n) is 2.61. The molecule has 1 heterocycles. The molecule has 1 unspecified atom stereocenters. The minimum atomic E-state index is -0.422. The summed E-state index contributed by atoms with van der Waals surface area (Å²) in [5.74, 6) is -0.285. The maximum absolute atomic E-state index is 12.4. The van der Waals surface area contributed by atoms with Crippen LogP contribution in [0.15, 0.2) is 65.5 Å². The Morgan fingerprint density at radius 2 is 1.68 bits per heavy atom. The van der Waals surface area contributed by atoms with Crippen LogP contribution in [0.5, 0.6) is 0 Å². The molecule has 128 valence electrons. The van der Waals surface area contributed by atoms with Gasteiger partial charge in [-0.3, -0.25) is 4.79 Å². The van der Waals surface area contributed by atoms with Crippen molar-refractivity contribution in [2.45, 2.75) is 19.0 Å². The van der Waals surface area contributed by atoms with E-state index in [4.69, 9.17) is 0 Å². The molecule has 0 bridgehead atoms. The van der Waals surface area contributed by atoms with Crippen molar-refractivity contribution < 1.29 is 4.79 Å². The molecule has 0 spiro atoms. The van der Waals surface area contributed by atoms with Crippen LogP contribution in [0.2, 0.25) is 0 Å². The Labute approximate surface area is 144 Å². The highest BCUT2D eigenvalue weighted by Crippen LogP contribution is 2.18. The van der Waals surface area contributed by atoms with Gasteiger partial charge in [0.15, 0.2) is 0 Å². The average Bonchev–Trinajstić information content (AvgIpc) is 2.95. The van der Waals surface area contributed by atoms with Gasteiger partial charge < -0.3 is 5.32 Å². The fourth-order valence-corrected chi connectivity index (χ4v) is 2.61. The van der Waals surface area contributed by atoms with Crippen LogP contribution in [0.1, 0.15) is 17.2 Å². The summed E-state index contributed by atoms with van der Waals surface area (Å²) in [6.07, 6.45) is 0.659. The lowest BCUT2D eigenvalue weighted by atomic mass is 9.99. The second kappa shape index (κ2) is 7.57. The Hall–Kier alpha value is -3.22. The van der Waals surface area contributed by atoms with Gasteiger partial charge in [0.2, 0.25) is 5.91 Å². The molecule has 1 aromatic heterocycles. The van der Waals surface area contributed by atoms with Gasteiger partial charge in [0.1, 0.15) is 6.54 Å². The van der Waals surface area contributed by atoms with Crippen LogP contribution < -0.4 is 11.0 Å². The van der Waals surface area contributed by atoms with Crippen LogP contribution in [0, 0.1) is 0 Å². The monoisotopic (exact) mass is 337 g/mol. The lowest BCUT2D eigenvalue weighted by Gasteiger charge is -2.19. The second-order valence-electron chi connectivity index (χ2n) is 5.76. The molecule has 0 aliphatic heterocycles. The first kappa shape index (κ1) is 16.6. The third kappa shape index (κ3) is 4.20. The Balaban J connectivity index is 1.76. The number of benzene rings is 2. The molecule has 3 aromatic rings. The van der Waals surface area contributed by atoms with Crippen molar-refractivity contribution in [3.63, 3.8) is 0 Å². The van der Waals surface area contributed by atoms with E-state index in [1.165, 1.54) is 7.05 Å². The van der Waals surface area contributed by atoms with Gasteiger partial charge in [-0.25, -0.2) is 4.79 Å². The lowest BCUT2D eigenvalue weighted by molar-refractivity contribution is -0.122. The van der Waals surface area contributed by atoms with E-state index >= 15 is 0 Å². The number of tetrazole rings is 1. The Kier molecular flexibility index (Phi) is 5.03. The minimum Gasteiger partial charge on any atom is -0.347 e. The van der Waals surface area contributed by atoms with Crippen molar-refractivity contribution in [3.8, 4) is 0 Å². The molecule has 2 aromatic carbocycles. The summed E-state index contributed by atoms with van der Waals surface area (Å²) in [4.78, 5) is 24.2. The molecule has 7 nitrogen and oxygen atoms in total. The summed E-state index contributed by atoms with van der Waals surface area (Å²) in [6, 6.07) is 19.5. The summed E-state index contributed by atoms with van der Waals surface area (Å²) in [6.45, 7) is -0.162. The highest BCUT2D eigenvalue weighted by molar-refractivity contribution is 5.76. The number of aryl methyl sites for hydroxylation is 1. The summed E-state index contributed by atoms with van der Waals surface area (Å²) in [5.41, 5.74) is 1.70. The van der Waals surface area contributed by atoms with Gasteiger partial charge in [-0.15, -0.1) is 0 Å². The van der Waals surface area contributed by atoms with Crippen molar-refractivity contribution in [1.82, 2.24) is 25.1 Å². The number of hydrogen-bond acceptors (Lipinski definition) is 4. The van der Waals surface area contributed by atoms with E-state index in [0.29, 0.717) is 6.42 Å². The van der Waals surface area contributed by atoms with E-state index in [1.807, 2.05) is 60.7 Å². The van der Waals surface area contributed by atoms with Crippen LogP contribution in [-0.2, 0) is 24.8 Å². The van der Waals surface area contributed by atoms with Crippen LogP contribution in [0.3, 0.4) is 0 Å². The molecule has 1 atom stereocenters. The van der Waals surface area contributed by atoms with Crippen molar-refractivity contribution in [1.29, 1.82) is 0 Å². The number of carbonyl (C=O) groups is 1. The zero-order valence-corrected chi connectivity index (χ0v) is 13.9. The molecule has 0 saturated carbocycles. The zero-order chi connectivity index (χ0) is 17.6. The fraction of sp³-hybridized carbons (Fsp3) is 0.222. The van der Waals surface area contributed by atoms with Crippen LogP contribution in [0.4, 0.5) is 0 Å². The third-order valence-corrected chi connectivity index (χ3v) is 3.89. The number of hydrogen-bond donors (Lipinski definition) is 1. The summed E-state index contributed by atoms with van der Waals surface area (Å²) in [5, 5.41) is 10.3. The first-order valence-corrected chi connectivity index (χ1v) is 7.98. The molecular weight excluding hydrogens is 318 g/mol. The van der Waals surface area contributed by atoms with Crippen LogP contribution in [0.25, 0.3) is 0 Å². The summed E-state index contributed by atoms with van der Waals surface area (Å²) >= 11 is 0. The number of carbonyl (C=O) groups excluding carboxylic acids is 1. The normalized spacial score (nSPS) is 11.9. The number of amides is 1. The van der Waals surface area contributed by atoms with E-state index in [-0.39, 0.29) is 18.5 Å². The van der Waals surface area contributed by atoms with Crippen molar-refractivity contribution in [2.75, 3.05) is 0 Å². The van der Waals surface area contributed by atoms with Gasteiger partial charge in [0, 0.05) is 7.05 Å². The molecule has 7 heteroatoms. The average molecular weight is 337 g/mol. The third-order valence-electron chi connectivity index (χ3n) is 3.89. The standard InChI is InChI=1S/C18H19N5O2/c1-22-18(25)23(21-20-22)13-17(24)19-16(15-10-6-3-7-11-15)12-14-8-4-2-5-9-14/h2-11,16H,12-13H2,1H3,(H,19,24). The minimum absolute atomic E-state index is 0.162. The number of nitrogens with one attached hydrogen (secondary N) is 1. The predicted molar refractivity (Wildman–Crippen MR) is 92.7 cm³/mol. The van der Waals surface area contributed by atoms with Crippen molar-refractivity contribution >= 4 is 5.91 Å². The van der Waals surface area contributed by atoms with Crippen molar-refractivity contribution in [2.24, 2.45) is 7.05 Å². The molecule has 0 radical (unpaired) electrons. The van der Waals surface area contributed by atoms with Gasteiger partial charge in [0.25, 0.3) is 0 Å². The maximum Gasteiger partial charge on any atom is 0.363 e. The first-order chi connectivity index (χ1) is 12.1. The van der Waals surface area contributed by atoms with Crippen LogP contribution >= 0.6 is 0 Å². The number of aromatic nitrogens is 4. The molecule has 1 amide bonds. The SMILES string of the molecule is Cn1nnn(CC(=O)NC(Cc2ccccc2)c2ccccc2)c1=O. The Bertz CT molecular complexity index is 887. The summed E-state index contributed by atoms with van der Waals surface area (Å²) in [7, 11) is 1.49. The maximum atomic E-state index is 12.4. The topological polar surface area (TPSA) is 81.8 Å². The second-order valence-corrected chi connectivity index (χ2v) is 5.76. The molecular formula is C18H19N5O2. The van der Waals surface area contributed by atoms with E-state index in [2.05, 4.69) is 15.7 Å². The summed E-state index contributed by atoms with van der Waals surface area (Å²) < 4.78 is 2.13. The van der Waals surface area contributed by atoms with Gasteiger partial charge in [-0.05, 0) is 28.0 Å². The molecule has 0 aliphatic carbocycles. The molecule has 25 heavy (non-hydrogen) atoms.